The van der Waals surface area contributed by atoms with Crippen molar-refractivity contribution in [3.63, 3.8) is 0 Å². The standard InChI is InChI=1S/C13H12N2OS/c1-9(16)12-8-11(2-3-13(12)14)17-10-4-6-15-7-5-10/h2-8H,14H2,1H3. The van der Waals surface area contributed by atoms with Crippen molar-refractivity contribution < 1.29 is 4.79 Å². The Bertz CT molecular complexity index is 540. The molecular weight excluding hydrogens is 232 g/mol. The number of hydrogen-bond acceptors (Lipinski definition) is 4. The number of ketones is 1. The van der Waals surface area contributed by atoms with Crippen LogP contribution < -0.4 is 5.73 Å². The Balaban J connectivity index is 2.29. The third-order valence-corrected chi connectivity index (χ3v) is 3.29. The molecule has 0 amide bonds. The number of rotatable bonds is 3. The molecular formula is C13H12N2OS. The summed E-state index contributed by atoms with van der Waals surface area (Å²) in [7, 11) is 0. The summed E-state index contributed by atoms with van der Waals surface area (Å²) in [5.41, 5.74) is 6.84. The van der Waals surface area contributed by atoms with Crippen LogP contribution in [0, 0.1) is 0 Å². The molecule has 0 fully saturated rings. The fourth-order valence-electron chi connectivity index (χ4n) is 1.45. The van der Waals surface area contributed by atoms with Gasteiger partial charge in [-0.3, -0.25) is 9.78 Å². The quantitative estimate of drug-likeness (QED) is 0.666. The van der Waals surface area contributed by atoms with Crippen LogP contribution in [0.25, 0.3) is 0 Å². The van der Waals surface area contributed by atoms with Gasteiger partial charge in [-0.15, -0.1) is 0 Å². The summed E-state index contributed by atoms with van der Waals surface area (Å²) >= 11 is 1.58. The number of carbonyl (C=O) groups is 1. The second kappa shape index (κ2) is 5.01. The second-order valence-corrected chi connectivity index (χ2v) is 4.74. The van der Waals surface area contributed by atoms with Crippen molar-refractivity contribution in [2.75, 3.05) is 5.73 Å². The molecule has 1 aromatic heterocycles. The number of benzene rings is 1. The fourth-order valence-corrected chi connectivity index (χ4v) is 2.29. The van der Waals surface area contributed by atoms with Gasteiger partial charge in [-0.1, -0.05) is 11.8 Å². The lowest BCUT2D eigenvalue weighted by Gasteiger charge is -2.05. The van der Waals surface area contributed by atoms with E-state index in [1.165, 1.54) is 6.92 Å². The number of aromatic nitrogens is 1. The molecule has 0 spiro atoms. The first-order valence-corrected chi connectivity index (χ1v) is 5.97. The minimum atomic E-state index is -0.0142. The second-order valence-electron chi connectivity index (χ2n) is 3.59. The van der Waals surface area contributed by atoms with Gasteiger partial charge in [0.15, 0.2) is 5.78 Å². The topological polar surface area (TPSA) is 56.0 Å². The first-order valence-electron chi connectivity index (χ1n) is 5.15. The molecule has 17 heavy (non-hydrogen) atoms. The summed E-state index contributed by atoms with van der Waals surface area (Å²) in [4.78, 5) is 17.4. The Kier molecular flexibility index (Phi) is 3.44. The molecule has 0 atom stereocenters. The Morgan fingerprint density at radius 2 is 1.88 bits per heavy atom. The smallest absolute Gasteiger partial charge is 0.161 e. The molecule has 86 valence electrons. The van der Waals surface area contributed by atoms with E-state index >= 15 is 0 Å². The van der Waals surface area contributed by atoms with Crippen LogP contribution in [-0.2, 0) is 0 Å². The van der Waals surface area contributed by atoms with Crippen molar-refractivity contribution in [1.29, 1.82) is 0 Å². The monoisotopic (exact) mass is 244 g/mol. The van der Waals surface area contributed by atoms with Crippen LogP contribution in [-0.4, -0.2) is 10.8 Å². The Morgan fingerprint density at radius 3 is 2.53 bits per heavy atom. The Labute approximate surface area is 104 Å². The van der Waals surface area contributed by atoms with Gasteiger partial charge in [0.1, 0.15) is 0 Å². The predicted octanol–water partition coefficient (Wildman–Crippen LogP) is 3.02. The van der Waals surface area contributed by atoms with E-state index in [-0.39, 0.29) is 5.78 Å². The number of Topliss-reactive ketones (excluding diaryl/α,β-unsaturated/α-hetero) is 1. The number of carbonyl (C=O) groups excluding carboxylic acids is 1. The molecule has 1 aromatic carbocycles. The molecule has 1 heterocycles. The fraction of sp³-hybridized carbons (Fsp3) is 0.0769. The molecule has 0 aliphatic rings. The van der Waals surface area contributed by atoms with Crippen molar-refractivity contribution in [3.05, 3.63) is 48.3 Å². The van der Waals surface area contributed by atoms with Crippen molar-refractivity contribution in [2.45, 2.75) is 16.7 Å². The first-order chi connectivity index (χ1) is 8.16. The van der Waals surface area contributed by atoms with Gasteiger partial charge >= 0.3 is 0 Å². The zero-order chi connectivity index (χ0) is 12.3. The van der Waals surface area contributed by atoms with Crippen molar-refractivity contribution in [2.24, 2.45) is 0 Å². The molecule has 0 aliphatic carbocycles. The van der Waals surface area contributed by atoms with Gasteiger partial charge in [-0.25, -0.2) is 0 Å². The summed E-state index contributed by atoms with van der Waals surface area (Å²) < 4.78 is 0. The molecule has 2 aromatic rings. The van der Waals surface area contributed by atoms with Crippen LogP contribution in [0.15, 0.2) is 52.5 Å². The molecule has 4 heteroatoms. The van der Waals surface area contributed by atoms with E-state index < -0.39 is 0 Å². The maximum atomic E-state index is 11.4. The summed E-state index contributed by atoms with van der Waals surface area (Å²) in [5, 5.41) is 0. The lowest BCUT2D eigenvalue weighted by atomic mass is 10.1. The minimum absolute atomic E-state index is 0.0142. The van der Waals surface area contributed by atoms with E-state index in [0.717, 1.165) is 9.79 Å². The average molecular weight is 244 g/mol. The van der Waals surface area contributed by atoms with Crippen molar-refractivity contribution in [3.8, 4) is 0 Å². The van der Waals surface area contributed by atoms with Crippen LogP contribution in [0.5, 0.6) is 0 Å². The summed E-state index contributed by atoms with van der Waals surface area (Å²) in [6.45, 7) is 1.52. The number of nitrogen functional groups attached to an aromatic ring is 1. The van der Waals surface area contributed by atoms with E-state index in [1.807, 2.05) is 24.3 Å². The lowest BCUT2D eigenvalue weighted by Crippen LogP contribution is -1.99. The third-order valence-electron chi connectivity index (χ3n) is 2.29. The number of pyridine rings is 1. The lowest BCUT2D eigenvalue weighted by molar-refractivity contribution is 0.101. The van der Waals surface area contributed by atoms with Crippen LogP contribution >= 0.6 is 11.8 Å². The van der Waals surface area contributed by atoms with Crippen LogP contribution in [0.2, 0.25) is 0 Å². The van der Waals surface area contributed by atoms with Gasteiger partial charge in [0.2, 0.25) is 0 Å². The van der Waals surface area contributed by atoms with Crippen molar-refractivity contribution in [1.82, 2.24) is 4.98 Å². The molecule has 0 bridgehead atoms. The maximum absolute atomic E-state index is 11.4. The highest BCUT2D eigenvalue weighted by Crippen LogP contribution is 2.29. The maximum Gasteiger partial charge on any atom is 0.161 e. The van der Waals surface area contributed by atoms with E-state index in [0.29, 0.717) is 11.3 Å². The van der Waals surface area contributed by atoms with E-state index in [9.17, 15) is 4.79 Å². The van der Waals surface area contributed by atoms with Crippen LogP contribution in [0.4, 0.5) is 5.69 Å². The highest BCUT2D eigenvalue weighted by molar-refractivity contribution is 7.99. The molecule has 0 unspecified atom stereocenters. The van der Waals surface area contributed by atoms with E-state index in [1.54, 1.807) is 30.2 Å². The summed E-state index contributed by atoms with van der Waals surface area (Å²) in [6, 6.07) is 9.35. The van der Waals surface area contributed by atoms with Gasteiger partial charge < -0.3 is 5.73 Å². The van der Waals surface area contributed by atoms with Gasteiger partial charge in [0, 0.05) is 33.4 Å². The van der Waals surface area contributed by atoms with Gasteiger partial charge in [0.05, 0.1) is 0 Å². The summed E-state index contributed by atoms with van der Waals surface area (Å²) in [5.74, 6) is -0.0142. The first kappa shape index (κ1) is 11.7. The van der Waals surface area contributed by atoms with E-state index in [2.05, 4.69) is 4.98 Å². The molecule has 0 saturated heterocycles. The molecule has 0 aliphatic heterocycles. The minimum Gasteiger partial charge on any atom is -0.398 e. The van der Waals surface area contributed by atoms with E-state index in [4.69, 9.17) is 5.73 Å². The molecule has 2 rings (SSSR count). The highest BCUT2D eigenvalue weighted by Gasteiger charge is 2.06. The van der Waals surface area contributed by atoms with Crippen LogP contribution in [0.1, 0.15) is 17.3 Å². The normalized spacial score (nSPS) is 10.2. The van der Waals surface area contributed by atoms with Crippen LogP contribution in [0.3, 0.4) is 0 Å². The van der Waals surface area contributed by atoms with Gasteiger partial charge in [-0.05, 0) is 37.3 Å². The third kappa shape index (κ3) is 2.85. The zero-order valence-corrected chi connectivity index (χ0v) is 10.2. The molecule has 2 N–H and O–H groups in total. The van der Waals surface area contributed by atoms with Crippen molar-refractivity contribution >= 4 is 23.2 Å². The predicted molar refractivity (Wildman–Crippen MR) is 69.2 cm³/mol. The summed E-state index contributed by atoms with van der Waals surface area (Å²) in [6.07, 6.45) is 3.48. The number of nitrogens with zero attached hydrogens (tertiary/aromatic N) is 1. The Morgan fingerprint density at radius 1 is 1.18 bits per heavy atom. The largest absolute Gasteiger partial charge is 0.398 e. The van der Waals surface area contributed by atoms with Gasteiger partial charge in [0.25, 0.3) is 0 Å². The number of anilines is 1. The van der Waals surface area contributed by atoms with Gasteiger partial charge in [-0.2, -0.15) is 0 Å². The average Bonchev–Trinajstić information content (AvgIpc) is 2.32. The molecule has 0 saturated carbocycles. The highest BCUT2D eigenvalue weighted by atomic mass is 32.2. The Hall–Kier alpha value is -1.81. The number of nitrogens with two attached hydrogens (primary N) is 1. The SMILES string of the molecule is CC(=O)c1cc(Sc2ccncc2)ccc1N. The number of hydrogen-bond donors (Lipinski definition) is 1. The zero-order valence-electron chi connectivity index (χ0n) is 9.38. The molecule has 0 radical (unpaired) electrons. The molecule has 3 nitrogen and oxygen atoms in total.